The lowest BCUT2D eigenvalue weighted by molar-refractivity contribution is -0.145. The maximum atomic E-state index is 12.9. The summed E-state index contributed by atoms with van der Waals surface area (Å²) in [6.45, 7) is 1.66. The van der Waals surface area contributed by atoms with E-state index >= 15 is 0 Å². The highest BCUT2D eigenvalue weighted by Gasteiger charge is 2.28. The first-order valence-corrected chi connectivity index (χ1v) is 15.7. The van der Waals surface area contributed by atoms with Gasteiger partial charge in [-0.3, -0.25) is 14.4 Å². The molecule has 0 aromatic heterocycles. The largest absolute Gasteiger partial charge is 0.482 e. The molecule has 2 aromatic rings. The number of hydrogen-bond acceptors (Lipinski definition) is 5. The Balaban J connectivity index is 1.73. The van der Waals surface area contributed by atoms with Crippen molar-refractivity contribution in [2.24, 2.45) is 5.92 Å². The van der Waals surface area contributed by atoms with Gasteiger partial charge in [0.2, 0.25) is 11.8 Å². The third kappa shape index (κ3) is 15.2. The van der Waals surface area contributed by atoms with E-state index in [0.29, 0.717) is 23.4 Å². The molecular formula is C34H48N2O7. The minimum Gasteiger partial charge on any atom is -0.482 e. The summed E-state index contributed by atoms with van der Waals surface area (Å²) in [4.78, 5) is 48.2. The Labute approximate surface area is 255 Å². The summed E-state index contributed by atoms with van der Waals surface area (Å²) in [5.74, 6) is -4.57. The molecule has 43 heavy (non-hydrogen) atoms. The lowest BCUT2D eigenvalue weighted by Gasteiger charge is -2.16. The van der Waals surface area contributed by atoms with Crippen molar-refractivity contribution < 1.29 is 34.1 Å². The second-order valence-electron chi connectivity index (χ2n) is 11.0. The fourth-order valence-corrected chi connectivity index (χ4v) is 4.90. The first kappa shape index (κ1) is 35.3. The average Bonchev–Trinajstić information content (AvgIpc) is 2.97. The van der Waals surface area contributed by atoms with Crippen LogP contribution in [0.1, 0.15) is 102 Å². The molecule has 0 fully saturated rings. The maximum Gasteiger partial charge on any atom is 0.341 e. The number of carbonyl (C=O) groups is 4. The van der Waals surface area contributed by atoms with Crippen molar-refractivity contribution in [2.75, 3.05) is 17.2 Å². The molecule has 236 valence electrons. The number of unbranched alkanes of at least 4 members (excludes halogenated alkanes) is 12. The van der Waals surface area contributed by atoms with Gasteiger partial charge in [-0.15, -0.1) is 0 Å². The number of ether oxygens (including phenoxy) is 1. The van der Waals surface area contributed by atoms with Gasteiger partial charge in [0.1, 0.15) is 11.7 Å². The van der Waals surface area contributed by atoms with Crippen molar-refractivity contribution in [3.63, 3.8) is 0 Å². The van der Waals surface area contributed by atoms with Crippen LogP contribution in [0, 0.1) is 5.92 Å². The van der Waals surface area contributed by atoms with E-state index in [1.807, 2.05) is 0 Å². The van der Waals surface area contributed by atoms with Crippen molar-refractivity contribution in [2.45, 2.75) is 103 Å². The summed E-state index contributed by atoms with van der Waals surface area (Å²) in [6.07, 6.45) is 16.3. The Morgan fingerprint density at radius 1 is 0.721 bits per heavy atom. The number of hydrogen-bond donors (Lipinski definition) is 4. The number of aliphatic carboxylic acids is 2. The summed E-state index contributed by atoms with van der Waals surface area (Å²) < 4.78 is 5.24. The molecule has 2 rings (SSSR count). The zero-order chi connectivity index (χ0) is 31.3. The Bertz CT molecular complexity index is 1150. The predicted octanol–water partition coefficient (Wildman–Crippen LogP) is 7.45. The normalized spacial score (nSPS) is 11.5. The molecule has 0 aliphatic rings. The third-order valence-corrected chi connectivity index (χ3v) is 7.28. The summed E-state index contributed by atoms with van der Waals surface area (Å²) in [6, 6.07) is 13.0. The number of para-hydroxylation sites is 1. The minimum atomic E-state index is -1.44. The van der Waals surface area contributed by atoms with Crippen molar-refractivity contribution in [3.8, 4) is 5.75 Å². The number of carbonyl (C=O) groups excluding carboxylic acids is 2. The van der Waals surface area contributed by atoms with E-state index in [9.17, 15) is 24.3 Å². The molecule has 0 aliphatic heterocycles. The molecule has 2 amide bonds. The minimum absolute atomic E-state index is 0.104. The average molecular weight is 597 g/mol. The lowest BCUT2D eigenvalue weighted by Crippen LogP contribution is -2.31. The Hall–Kier alpha value is -3.88. The maximum absolute atomic E-state index is 12.9. The second-order valence-corrected chi connectivity index (χ2v) is 11.0. The molecule has 9 heteroatoms. The molecular weight excluding hydrogens is 548 g/mol. The number of benzene rings is 2. The number of carboxylic acids is 2. The molecule has 0 heterocycles. The standard InChI is InChI=1S/C34H48N2O7/c1-2-3-4-5-6-7-8-9-10-11-12-13-14-22-31(37)35-27-19-17-20-28(24-27)36-33(40)29(34(41)42)23-26-18-15-16-21-30(26)43-25-32(38)39/h15-21,24,29H,2-14,22-23,25H2,1H3,(H,35,37)(H,36,40)(H,38,39)(H,41,42). The van der Waals surface area contributed by atoms with Gasteiger partial charge >= 0.3 is 11.9 Å². The fourth-order valence-electron chi connectivity index (χ4n) is 4.90. The molecule has 1 atom stereocenters. The molecule has 1 unspecified atom stereocenters. The Morgan fingerprint density at radius 2 is 1.28 bits per heavy atom. The van der Waals surface area contributed by atoms with E-state index in [2.05, 4.69) is 17.6 Å². The smallest absolute Gasteiger partial charge is 0.341 e. The number of rotatable bonds is 23. The molecule has 2 aromatic carbocycles. The van der Waals surface area contributed by atoms with E-state index in [0.717, 1.165) is 19.3 Å². The van der Waals surface area contributed by atoms with Gasteiger partial charge in [0.05, 0.1) is 0 Å². The van der Waals surface area contributed by atoms with Crippen LogP contribution in [-0.4, -0.2) is 40.6 Å². The number of amides is 2. The van der Waals surface area contributed by atoms with Crippen LogP contribution < -0.4 is 15.4 Å². The van der Waals surface area contributed by atoms with Gasteiger partial charge in [0, 0.05) is 17.8 Å². The molecule has 0 radical (unpaired) electrons. The van der Waals surface area contributed by atoms with Crippen LogP contribution in [0.5, 0.6) is 5.75 Å². The van der Waals surface area contributed by atoms with E-state index in [1.165, 1.54) is 70.3 Å². The van der Waals surface area contributed by atoms with Gasteiger partial charge in [0.15, 0.2) is 6.61 Å². The zero-order valence-corrected chi connectivity index (χ0v) is 25.4. The van der Waals surface area contributed by atoms with Crippen LogP contribution in [0.15, 0.2) is 48.5 Å². The van der Waals surface area contributed by atoms with Crippen LogP contribution in [0.25, 0.3) is 0 Å². The van der Waals surface area contributed by atoms with E-state index in [4.69, 9.17) is 9.84 Å². The Morgan fingerprint density at radius 3 is 1.86 bits per heavy atom. The predicted molar refractivity (Wildman–Crippen MR) is 168 cm³/mol. The summed E-state index contributed by atoms with van der Waals surface area (Å²) in [7, 11) is 0. The van der Waals surface area contributed by atoms with Crippen molar-refractivity contribution in [1.82, 2.24) is 0 Å². The molecule has 0 saturated heterocycles. The lowest BCUT2D eigenvalue weighted by atomic mass is 9.97. The SMILES string of the molecule is CCCCCCCCCCCCCCCC(=O)Nc1cccc(NC(=O)C(Cc2ccccc2OCC(=O)O)C(=O)O)c1. The van der Waals surface area contributed by atoms with Crippen LogP contribution in [0.2, 0.25) is 0 Å². The second kappa shape index (κ2) is 20.9. The van der Waals surface area contributed by atoms with E-state index in [1.54, 1.807) is 42.5 Å². The topological polar surface area (TPSA) is 142 Å². The molecule has 0 aliphatic carbocycles. The van der Waals surface area contributed by atoms with Gasteiger partial charge < -0.3 is 25.6 Å². The highest BCUT2D eigenvalue weighted by molar-refractivity contribution is 6.04. The zero-order valence-electron chi connectivity index (χ0n) is 25.4. The molecule has 4 N–H and O–H groups in total. The van der Waals surface area contributed by atoms with E-state index < -0.39 is 30.4 Å². The fraction of sp³-hybridized carbons (Fsp3) is 0.529. The third-order valence-electron chi connectivity index (χ3n) is 7.28. The van der Waals surface area contributed by atoms with Gasteiger partial charge in [-0.05, 0) is 42.7 Å². The van der Waals surface area contributed by atoms with Gasteiger partial charge in [-0.1, -0.05) is 108 Å². The van der Waals surface area contributed by atoms with Crippen molar-refractivity contribution >= 4 is 35.1 Å². The Kier molecular flexibility index (Phi) is 17.2. The quantitative estimate of drug-likeness (QED) is 0.0771. The van der Waals surface area contributed by atoms with Crippen molar-refractivity contribution in [1.29, 1.82) is 0 Å². The van der Waals surface area contributed by atoms with Crippen LogP contribution in [-0.2, 0) is 25.6 Å². The summed E-state index contributed by atoms with van der Waals surface area (Å²) in [5, 5.41) is 24.1. The summed E-state index contributed by atoms with van der Waals surface area (Å²) >= 11 is 0. The van der Waals surface area contributed by atoms with Crippen LogP contribution in [0.4, 0.5) is 11.4 Å². The van der Waals surface area contributed by atoms with Gasteiger partial charge in [-0.2, -0.15) is 0 Å². The van der Waals surface area contributed by atoms with Crippen molar-refractivity contribution in [3.05, 3.63) is 54.1 Å². The molecule has 9 nitrogen and oxygen atoms in total. The first-order chi connectivity index (χ1) is 20.8. The van der Waals surface area contributed by atoms with E-state index in [-0.39, 0.29) is 18.1 Å². The summed E-state index contributed by atoms with van der Waals surface area (Å²) in [5.41, 5.74) is 1.27. The monoisotopic (exact) mass is 596 g/mol. The number of nitrogens with one attached hydrogen (secondary N) is 2. The molecule has 0 saturated carbocycles. The molecule has 0 spiro atoms. The highest BCUT2D eigenvalue weighted by Crippen LogP contribution is 2.23. The molecule has 0 bridgehead atoms. The van der Waals surface area contributed by atoms with Gasteiger partial charge in [0.25, 0.3) is 0 Å². The highest BCUT2D eigenvalue weighted by atomic mass is 16.5. The number of anilines is 2. The van der Waals surface area contributed by atoms with Crippen LogP contribution >= 0.6 is 0 Å². The first-order valence-electron chi connectivity index (χ1n) is 15.7. The number of carboxylic acid groups (broad SMARTS) is 2. The van der Waals surface area contributed by atoms with Crippen LogP contribution in [0.3, 0.4) is 0 Å². The van der Waals surface area contributed by atoms with Gasteiger partial charge in [-0.25, -0.2) is 4.79 Å².